The van der Waals surface area contributed by atoms with Crippen molar-refractivity contribution in [2.75, 3.05) is 31.4 Å². The molecule has 160 valence electrons. The topological polar surface area (TPSA) is 109 Å². The Balaban J connectivity index is 1.52. The molecule has 31 heavy (non-hydrogen) atoms. The minimum absolute atomic E-state index is 0.0289. The largest absolute Gasteiger partial charge is 0.496 e. The van der Waals surface area contributed by atoms with Gasteiger partial charge in [-0.15, -0.1) is 0 Å². The van der Waals surface area contributed by atoms with Crippen molar-refractivity contribution >= 4 is 28.4 Å². The summed E-state index contributed by atoms with van der Waals surface area (Å²) in [5.41, 5.74) is 9.89. The van der Waals surface area contributed by atoms with E-state index in [-0.39, 0.29) is 23.8 Å². The van der Waals surface area contributed by atoms with Crippen LogP contribution in [0.5, 0.6) is 5.75 Å². The van der Waals surface area contributed by atoms with Gasteiger partial charge in [0.2, 0.25) is 5.91 Å². The van der Waals surface area contributed by atoms with Gasteiger partial charge in [0.1, 0.15) is 17.1 Å². The van der Waals surface area contributed by atoms with Crippen LogP contribution in [0.15, 0.2) is 42.6 Å². The number of methoxy groups -OCH3 is 1. The standard InChI is InChI=1S/C23H26N6O2/c1-29(2)14-6-7-15(17(11-14)31-3)22-27-20-16(8-9-25-23(20)28-22)26-19-13-5-4-12(10-13)18(19)21(24)30/h4-9,11-13,18-19H,10H2,1-3H3,(H2,24,30)(H2,25,26,27,28)/t12-,13-,18+,19-/m1/s1. The second-order valence-corrected chi connectivity index (χ2v) is 8.47. The molecule has 2 aliphatic rings. The Hall–Kier alpha value is -3.55. The van der Waals surface area contributed by atoms with Gasteiger partial charge in [-0.2, -0.15) is 0 Å². The number of carbonyl (C=O) groups excluding carboxylic acids is 1. The highest BCUT2D eigenvalue weighted by Crippen LogP contribution is 2.45. The number of aromatic nitrogens is 3. The number of pyridine rings is 1. The lowest BCUT2D eigenvalue weighted by atomic mass is 9.88. The number of ether oxygens (including phenoxy) is 1. The minimum atomic E-state index is -0.254. The molecule has 1 amide bonds. The number of hydrogen-bond acceptors (Lipinski definition) is 6. The van der Waals surface area contributed by atoms with E-state index in [4.69, 9.17) is 15.5 Å². The Morgan fingerprint density at radius 2 is 2.06 bits per heavy atom. The summed E-state index contributed by atoms with van der Waals surface area (Å²) in [5.74, 6) is 1.46. The summed E-state index contributed by atoms with van der Waals surface area (Å²) in [6.45, 7) is 0. The molecule has 4 N–H and O–H groups in total. The van der Waals surface area contributed by atoms with Crippen LogP contribution in [-0.2, 0) is 4.79 Å². The molecule has 0 aliphatic heterocycles. The highest BCUT2D eigenvalue weighted by Gasteiger charge is 2.47. The molecule has 8 heteroatoms. The molecule has 3 aromatic rings. The van der Waals surface area contributed by atoms with Gasteiger partial charge in [-0.1, -0.05) is 12.2 Å². The fraction of sp³-hybridized carbons (Fsp3) is 0.348. The predicted octanol–water partition coefficient (Wildman–Crippen LogP) is 2.79. The van der Waals surface area contributed by atoms with Gasteiger partial charge in [0, 0.05) is 38.1 Å². The fourth-order valence-electron chi connectivity index (χ4n) is 4.90. The van der Waals surface area contributed by atoms with Gasteiger partial charge in [0.05, 0.1) is 24.3 Å². The smallest absolute Gasteiger partial charge is 0.223 e. The third-order valence-corrected chi connectivity index (χ3v) is 6.46. The van der Waals surface area contributed by atoms with E-state index in [1.165, 1.54) is 0 Å². The molecule has 4 atom stereocenters. The Morgan fingerprint density at radius 3 is 2.81 bits per heavy atom. The van der Waals surface area contributed by atoms with E-state index >= 15 is 0 Å². The summed E-state index contributed by atoms with van der Waals surface area (Å²) in [5, 5.41) is 3.56. The van der Waals surface area contributed by atoms with E-state index in [0.29, 0.717) is 17.4 Å². The van der Waals surface area contributed by atoms with Gasteiger partial charge >= 0.3 is 0 Å². The van der Waals surface area contributed by atoms with Crippen molar-refractivity contribution in [2.45, 2.75) is 12.5 Å². The number of aromatic amines is 1. The van der Waals surface area contributed by atoms with Crippen LogP contribution in [0.2, 0.25) is 0 Å². The van der Waals surface area contributed by atoms with Gasteiger partial charge in [-0.05, 0) is 36.5 Å². The predicted molar refractivity (Wildman–Crippen MR) is 121 cm³/mol. The Kier molecular flexibility index (Phi) is 4.57. The normalized spacial score (nSPS) is 24.0. The zero-order chi connectivity index (χ0) is 21.7. The zero-order valence-corrected chi connectivity index (χ0v) is 17.8. The second-order valence-electron chi connectivity index (χ2n) is 8.47. The van der Waals surface area contributed by atoms with E-state index in [1.807, 2.05) is 43.3 Å². The molecule has 5 rings (SSSR count). The number of benzene rings is 1. The van der Waals surface area contributed by atoms with E-state index < -0.39 is 0 Å². The Morgan fingerprint density at radius 1 is 1.26 bits per heavy atom. The first-order valence-corrected chi connectivity index (χ1v) is 10.4. The summed E-state index contributed by atoms with van der Waals surface area (Å²) in [6.07, 6.45) is 7.00. The van der Waals surface area contributed by atoms with Crippen LogP contribution in [0.3, 0.4) is 0 Å². The first-order chi connectivity index (χ1) is 15.0. The molecule has 2 heterocycles. The van der Waals surface area contributed by atoms with E-state index in [1.54, 1.807) is 13.3 Å². The molecule has 0 spiro atoms. The molecule has 2 bridgehead atoms. The number of hydrogen-bond donors (Lipinski definition) is 3. The number of carbonyl (C=O) groups is 1. The summed E-state index contributed by atoms with van der Waals surface area (Å²) >= 11 is 0. The lowest BCUT2D eigenvalue weighted by molar-refractivity contribution is -0.122. The van der Waals surface area contributed by atoms with Gasteiger partial charge < -0.3 is 25.7 Å². The summed E-state index contributed by atoms with van der Waals surface area (Å²) < 4.78 is 5.62. The number of imidazole rings is 1. The Bertz CT molecular complexity index is 1180. The molecule has 8 nitrogen and oxygen atoms in total. The zero-order valence-electron chi connectivity index (χ0n) is 17.8. The van der Waals surface area contributed by atoms with E-state index in [0.717, 1.165) is 34.6 Å². The van der Waals surface area contributed by atoms with Crippen molar-refractivity contribution in [3.05, 3.63) is 42.6 Å². The van der Waals surface area contributed by atoms with Crippen LogP contribution in [0, 0.1) is 17.8 Å². The number of primary amides is 1. The van der Waals surface area contributed by atoms with Crippen LogP contribution >= 0.6 is 0 Å². The molecular formula is C23H26N6O2. The van der Waals surface area contributed by atoms with Crippen molar-refractivity contribution in [1.82, 2.24) is 15.0 Å². The van der Waals surface area contributed by atoms with E-state index in [2.05, 4.69) is 27.4 Å². The van der Waals surface area contributed by atoms with Crippen molar-refractivity contribution < 1.29 is 9.53 Å². The fourth-order valence-corrected chi connectivity index (χ4v) is 4.90. The van der Waals surface area contributed by atoms with Gasteiger partial charge in [-0.25, -0.2) is 9.97 Å². The first-order valence-electron chi connectivity index (χ1n) is 10.4. The highest BCUT2D eigenvalue weighted by atomic mass is 16.5. The van der Waals surface area contributed by atoms with Crippen LogP contribution in [-0.4, -0.2) is 48.1 Å². The number of rotatable bonds is 6. The molecule has 1 saturated carbocycles. The maximum atomic E-state index is 12.1. The van der Waals surface area contributed by atoms with Crippen LogP contribution in [0.1, 0.15) is 6.42 Å². The van der Waals surface area contributed by atoms with Gasteiger partial charge in [-0.3, -0.25) is 4.79 Å². The lowest BCUT2D eigenvalue weighted by Crippen LogP contribution is -2.41. The number of nitrogens with one attached hydrogen (secondary N) is 2. The summed E-state index contributed by atoms with van der Waals surface area (Å²) in [4.78, 5) is 26.6. The SMILES string of the molecule is COc1cc(N(C)C)ccc1-c1nc2nccc(N[C@H]3[C@@H](C(N)=O)[C@@H]4C=C[C@@H]3C4)c2[nH]1. The minimum Gasteiger partial charge on any atom is -0.496 e. The lowest BCUT2D eigenvalue weighted by Gasteiger charge is -2.27. The number of anilines is 2. The first kappa shape index (κ1) is 19.4. The number of amides is 1. The third-order valence-electron chi connectivity index (χ3n) is 6.46. The van der Waals surface area contributed by atoms with Gasteiger partial charge in [0.15, 0.2) is 5.65 Å². The number of H-pyrrole nitrogens is 1. The van der Waals surface area contributed by atoms with Crippen LogP contribution in [0.4, 0.5) is 11.4 Å². The van der Waals surface area contributed by atoms with Crippen LogP contribution < -0.4 is 20.7 Å². The average Bonchev–Trinajstić information content (AvgIpc) is 3.47. The molecule has 0 unspecified atom stereocenters. The number of nitrogens with zero attached hydrogens (tertiary/aromatic N) is 3. The number of allylic oxidation sites excluding steroid dienone is 1. The molecule has 1 aromatic carbocycles. The summed E-state index contributed by atoms with van der Waals surface area (Å²) in [7, 11) is 5.63. The average molecular weight is 419 g/mol. The Labute approximate surface area is 180 Å². The van der Waals surface area contributed by atoms with Crippen molar-refractivity contribution in [3.8, 4) is 17.1 Å². The molecule has 2 aliphatic carbocycles. The van der Waals surface area contributed by atoms with E-state index in [9.17, 15) is 4.79 Å². The van der Waals surface area contributed by atoms with Crippen molar-refractivity contribution in [3.63, 3.8) is 0 Å². The molecule has 2 aromatic heterocycles. The maximum absolute atomic E-state index is 12.1. The number of nitrogens with two attached hydrogens (primary N) is 1. The quantitative estimate of drug-likeness (QED) is 0.531. The molecular weight excluding hydrogens is 392 g/mol. The molecule has 1 fully saturated rings. The van der Waals surface area contributed by atoms with Crippen molar-refractivity contribution in [1.29, 1.82) is 0 Å². The van der Waals surface area contributed by atoms with Crippen LogP contribution in [0.25, 0.3) is 22.6 Å². The maximum Gasteiger partial charge on any atom is 0.223 e. The molecule has 0 radical (unpaired) electrons. The third kappa shape index (κ3) is 3.19. The van der Waals surface area contributed by atoms with Gasteiger partial charge in [0.25, 0.3) is 0 Å². The second kappa shape index (κ2) is 7.30. The summed E-state index contributed by atoms with van der Waals surface area (Å²) in [6, 6.07) is 7.87. The van der Waals surface area contributed by atoms with Crippen molar-refractivity contribution in [2.24, 2.45) is 23.5 Å². The monoisotopic (exact) mass is 418 g/mol. The number of fused-ring (bicyclic) bond motifs is 3. The highest BCUT2D eigenvalue weighted by molar-refractivity contribution is 5.89. The molecule has 0 saturated heterocycles.